The van der Waals surface area contributed by atoms with Crippen molar-refractivity contribution in [2.75, 3.05) is 52.5 Å². The van der Waals surface area contributed by atoms with E-state index in [-0.39, 0.29) is 5.54 Å². The Balaban J connectivity index is 1.68. The molecule has 0 unspecified atom stereocenters. The molecule has 6 heteroatoms. The number of aliphatic imine (C=N–C) groups is 1. The quantitative estimate of drug-likeness (QED) is 0.372. The highest BCUT2D eigenvalue weighted by Crippen LogP contribution is 2.20. The normalized spacial score (nSPS) is 21.0. The number of hydrogen-bond donors (Lipinski definition) is 2. The van der Waals surface area contributed by atoms with Crippen LogP contribution in [0.4, 0.5) is 0 Å². The first-order chi connectivity index (χ1) is 12.6. The van der Waals surface area contributed by atoms with Crippen LogP contribution >= 0.6 is 0 Å². The molecule has 1 aliphatic carbocycles. The van der Waals surface area contributed by atoms with Crippen LogP contribution in [0.5, 0.6) is 0 Å². The molecule has 2 N–H and O–H groups in total. The van der Waals surface area contributed by atoms with Crippen molar-refractivity contribution in [1.29, 1.82) is 0 Å². The molecule has 2 aliphatic rings. The lowest BCUT2D eigenvalue weighted by molar-refractivity contribution is -0.00684. The molecule has 1 aliphatic heterocycles. The number of hydrogen-bond acceptors (Lipinski definition) is 4. The van der Waals surface area contributed by atoms with E-state index in [1.165, 1.54) is 32.1 Å². The maximum Gasteiger partial charge on any atom is 0.191 e. The summed E-state index contributed by atoms with van der Waals surface area (Å²) in [5, 5.41) is 6.80. The molecule has 152 valence electrons. The maximum absolute atomic E-state index is 6.00. The molecule has 6 nitrogen and oxygen atoms in total. The van der Waals surface area contributed by atoms with E-state index in [9.17, 15) is 0 Å². The summed E-state index contributed by atoms with van der Waals surface area (Å²) in [4.78, 5) is 7.29. The molecule has 26 heavy (non-hydrogen) atoms. The lowest BCUT2D eigenvalue weighted by atomic mass is 9.98. The molecule has 0 aromatic heterocycles. The zero-order chi connectivity index (χ0) is 18.7. The van der Waals surface area contributed by atoms with Crippen LogP contribution in [-0.2, 0) is 9.47 Å². The molecule has 0 aromatic carbocycles. The Hall–Kier alpha value is -0.850. The van der Waals surface area contributed by atoms with Gasteiger partial charge < -0.3 is 20.1 Å². The minimum atomic E-state index is 0.0518. The van der Waals surface area contributed by atoms with Gasteiger partial charge in [-0.2, -0.15) is 0 Å². The average Bonchev–Trinajstić information content (AvgIpc) is 2.67. The third-order valence-electron chi connectivity index (χ3n) is 5.35. The summed E-state index contributed by atoms with van der Waals surface area (Å²) in [6, 6.07) is 0. The van der Waals surface area contributed by atoms with Crippen LogP contribution in [0, 0.1) is 0 Å². The Morgan fingerprint density at radius 3 is 2.58 bits per heavy atom. The van der Waals surface area contributed by atoms with E-state index in [0.717, 1.165) is 64.9 Å². The van der Waals surface area contributed by atoms with Crippen LogP contribution in [0.25, 0.3) is 0 Å². The second-order valence-electron chi connectivity index (χ2n) is 8.02. The summed E-state index contributed by atoms with van der Waals surface area (Å²) in [6.07, 6.45) is 8.05. The summed E-state index contributed by atoms with van der Waals surface area (Å²) in [6.45, 7) is 13.7. The largest absolute Gasteiger partial charge is 0.379 e. The van der Waals surface area contributed by atoms with Crippen molar-refractivity contribution in [2.45, 2.75) is 70.9 Å². The van der Waals surface area contributed by atoms with Crippen LogP contribution < -0.4 is 10.6 Å². The maximum atomic E-state index is 6.00. The fraction of sp³-hybridized carbons (Fsp3) is 0.950. The van der Waals surface area contributed by atoms with Gasteiger partial charge in [-0.3, -0.25) is 9.89 Å². The second kappa shape index (κ2) is 11.8. The van der Waals surface area contributed by atoms with Gasteiger partial charge in [-0.25, -0.2) is 0 Å². The first kappa shape index (κ1) is 21.5. The molecule has 1 saturated heterocycles. The van der Waals surface area contributed by atoms with E-state index in [1.807, 2.05) is 0 Å². The van der Waals surface area contributed by atoms with E-state index >= 15 is 0 Å². The van der Waals surface area contributed by atoms with E-state index in [2.05, 4.69) is 36.3 Å². The van der Waals surface area contributed by atoms with Gasteiger partial charge in [-0.05, 0) is 40.0 Å². The summed E-state index contributed by atoms with van der Waals surface area (Å²) >= 11 is 0. The molecular formula is C20H40N4O2. The van der Waals surface area contributed by atoms with Crippen molar-refractivity contribution in [1.82, 2.24) is 15.5 Å². The Morgan fingerprint density at radius 1 is 1.15 bits per heavy atom. The molecular weight excluding hydrogens is 328 g/mol. The molecule has 0 amide bonds. The molecule has 2 fully saturated rings. The molecule has 0 aromatic rings. The molecule has 1 saturated carbocycles. The SMILES string of the molecule is CCNC(=NCC(C)(C)N1CCOCC1)NCCCOC1CCCCC1. The summed E-state index contributed by atoms with van der Waals surface area (Å²) < 4.78 is 11.5. The summed E-state index contributed by atoms with van der Waals surface area (Å²) in [5.74, 6) is 0.909. The number of rotatable bonds is 9. The zero-order valence-corrected chi connectivity index (χ0v) is 17.2. The van der Waals surface area contributed by atoms with Crippen LogP contribution in [0.15, 0.2) is 4.99 Å². The highest BCUT2D eigenvalue weighted by Gasteiger charge is 2.28. The van der Waals surface area contributed by atoms with Crippen LogP contribution in [0.1, 0.15) is 59.3 Å². The smallest absolute Gasteiger partial charge is 0.191 e. The van der Waals surface area contributed by atoms with Crippen molar-refractivity contribution in [3.63, 3.8) is 0 Å². The number of nitrogens with zero attached hydrogens (tertiary/aromatic N) is 2. The second-order valence-corrected chi connectivity index (χ2v) is 8.02. The van der Waals surface area contributed by atoms with E-state index in [4.69, 9.17) is 14.5 Å². The third-order valence-corrected chi connectivity index (χ3v) is 5.35. The Kier molecular flexibility index (Phi) is 9.72. The van der Waals surface area contributed by atoms with Gasteiger partial charge in [0.15, 0.2) is 5.96 Å². The monoisotopic (exact) mass is 368 g/mol. The highest BCUT2D eigenvalue weighted by atomic mass is 16.5. The first-order valence-corrected chi connectivity index (χ1v) is 10.6. The standard InChI is InChI=1S/C20H40N4O2/c1-4-21-19(22-11-8-14-26-18-9-6-5-7-10-18)23-17-20(2,3)24-12-15-25-16-13-24/h18H,4-17H2,1-3H3,(H2,21,22,23). The molecule has 1 heterocycles. The van der Waals surface area contributed by atoms with Crippen molar-refractivity contribution in [3.8, 4) is 0 Å². The van der Waals surface area contributed by atoms with Gasteiger partial charge in [0, 0.05) is 38.3 Å². The summed E-state index contributed by atoms with van der Waals surface area (Å²) in [5.41, 5.74) is 0.0518. The highest BCUT2D eigenvalue weighted by molar-refractivity contribution is 5.79. The fourth-order valence-corrected chi connectivity index (χ4v) is 3.64. The predicted molar refractivity (Wildman–Crippen MR) is 108 cm³/mol. The van der Waals surface area contributed by atoms with E-state index in [1.54, 1.807) is 0 Å². The van der Waals surface area contributed by atoms with Crippen molar-refractivity contribution in [3.05, 3.63) is 0 Å². The van der Waals surface area contributed by atoms with Gasteiger partial charge in [0.2, 0.25) is 0 Å². The number of morpholine rings is 1. The lowest BCUT2D eigenvalue weighted by Gasteiger charge is -2.39. The van der Waals surface area contributed by atoms with Crippen LogP contribution in [-0.4, -0.2) is 75.0 Å². The lowest BCUT2D eigenvalue weighted by Crippen LogP contribution is -2.52. The van der Waals surface area contributed by atoms with Crippen molar-refractivity contribution >= 4 is 5.96 Å². The molecule has 2 rings (SSSR count). The van der Waals surface area contributed by atoms with Crippen LogP contribution in [0.2, 0.25) is 0 Å². The number of ether oxygens (including phenoxy) is 2. The average molecular weight is 369 g/mol. The third kappa shape index (κ3) is 7.80. The number of guanidine groups is 1. The Bertz CT molecular complexity index is 403. The molecule has 0 radical (unpaired) electrons. The number of nitrogens with one attached hydrogen (secondary N) is 2. The first-order valence-electron chi connectivity index (χ1n) is 10.6. The van der Waals surface area contributed by atoms with E-state index in [0.29, 0.717) is 6.10 Å². The zero-order valence-electron chi connectivity index (χ0n) is 17.2. The Labute approximate surface area is 160 Å². The topological polar surface area (TPSA) is 58.1 Å². The van der Waals surface area contributed by atoms with Gasteiger partial charge >= 0.3 is 0 Å². The minimum Gasteiger partial charge on any atom is -0.379 e. The van der Waals surface area contributed by atoms with E-state index < -0.39 is 0 Å². The van der Waals surface area contributed by atoms with Crippen LogP contribution in [0.3, 0.4) is 0 Å². The molecule has 0 bridgehead atoms. The van der Waals surface area contributed by atoms with Gasteiger partial charge in [0.25, 0.3) is 0 Å². The fourth-order valence-electron chi connectivity index (χ4n) is 3.64. The van der Waals surface area contributed by atoms with Gasteiger partial charge in [-0.15, -0.1) is 0 Å². The van der Waals surface area contributed by atoms with Crippen molar-refractivity contribution < 1.29 is 9.47 Å². The minimum absolute atomic E-state index is 0.0518. The van der Waals surface area contributed by atoms with Crippen molar-refractivity contribution in [2.24, 2.45) is 4.99 Å². The van der Waals surface area contributed by atoms with Gasteiger partial charge in [-0.1, -0.05) is 19.3 Å². The van der Waals surface area contributed by atoms with Gasteiger partial charge in [0.05, 0.1) is 25.9 Å². The van der Waals surface area contributed by atoms with Gasteiger partial charge in [0.1, 0.15) is 0 Å². The predicted octanol–water partition coefficient (Wildman–Crippen LogP) is 2.39. The molecule has 0 atom stereocenters. The Morgan fingerprint density at radius 2 is 1.88 bits per heavy atom. The molecule has 0 spiro atoms. The summed E-state index contributed by atoms with van der Waals surface area (Å²) in [7, 11) is 0.